The van der Waals surface area contributed by atoms with Gasteiger partial charge in [-0.2, -0.15) is 0 Å². The molecule has 0 spiro atoms. The predicted octanol–water partition coefficient (Wildman–Crippen LogP) is 3.97. The first-order chi connectivity index (χ1) is 15.2. The zero-order valence-electron chi connectivity index (χ0n) is 17.8. The highest BCUT2D eigenvalue weighted by atomic mass is 32.1. The van der Waals surface area contributed by atoms with E-state index >= 15 is 0 Å². The maximum absolute atomic E-state index is 12.5. The summed E-state index contributed by atoms with van der Waals surface area (Å²) >= 11 is 1.71. The number of hydrogen-bond acceptors (Lipinski definition) is 6. The zero-order valence-corrected chi connectivity index (χ0v) is 18.6. The Hall–Kier alpha value is -2.74. The highest BCUT2D eigenvalue weighted by Crippen LogP contribution is 2.24. The van der Waals surface area contributed by atoms with E-state index in [4.69, 9.17) is 9.72 Å². The molecule has 0 radical (unpaired) electrons. The Labute approximate surface area is 187 Å². The molecule has 1 aliphatic heterocycles. The number of rotatable bonds is 8. The van der Waals surface area contributed by atoms with Crippen LogP contribution < -0.4 is 10.1 Å². The van der Waals surface area contributed by atoms with Gasteiger partial charge in [0.25, 0.3) is 0 Å². The van der Waals surface area contributed by atoms with Gasteiger partial charge in [0.1, 0.15) is 10.8 Å². The van der Waals surface area contributed by atoms with Crippen LogP contribution in [0.1, 0.15) is 11.9 Å². The number of carbonyl (C=O) groups excluding carboxylic acids is 1. The first-order valence-electron chi connectivity index (χ1n) is 10.7. The minimum Gasteiger partial charge on any atom is -0.492 e. The number of para-hydroxylation sites is 2. The maximum Gasteiger partial charge on any atom is 0.238 e. The van der Waals surface area contributed by atoms with Crippen LogP contribution >= 0.6 is 11.3 Å². The Bertz CT molecular complexity index is 984. The molecule has 0 bridgehead atoms. The Morgan fingerprint density at radius 3 is 2.52 bits per heavy atom. The van der Waals surface area contributed by atoms with Crippen LogP contribution in [0.15, 0.2) is 60.0 Å². The van der Waals surface area contributed by atoms with E-state index in [1.807, 2.05) is 49.4 Å². The van der Waals surface area contributed by atoms with Crippen LogP contribution in [0.3, 0.4) is 0 Å². The number of nitrogens with zero attached hydrogens (tertiary/aromatic N) is 3. The minimum absolute atomic E-state index is 0.00645. The molecule has 4 rings (SSSR count). The number of thiazole rings is 1. The molecular weight excluding hydrogens is 408 g/mol. The van der Waals surface area contributed by atoms with Crippen molar-refractivity contribution in [2.45, 2.75) is 13.5 Å². The number of hydrogen-bond donors (Lipinski definition) is 1. The molecule has 1 amide bonds. The lowest BCUT2D eigenvalue weighted by Gasteiger charge is -2.33. The summed E-state index contributed by atoms with van der Waals surface area (Å²) in [4.78, 5) is 21.9. The van der Waals surface area contributed by atoms with Crippen LogP contribution in [-0.4, -0.2) is 60.0 Å². The summed E-state index contributed by atoms with van der Waals surface area (Å²) in [6, 6.07) is 17.8. The fraction of sp³-hybridized carbons (Fsp3) is 0.333. The van der Waals surface area contributed by atoms with Crippen LogP contribution in [0.25, 0.3) is 11.3 Å². The summed E-state index contributed by atoms with van der Waals surface area (Å²) in [7, 11) is 0. The van der Waals surface area contributed by atoms with Crippen molar-refractivity contribution >= 4 is 22.9 Å². The van der Waals surface area contributed by atoms with Crippen molar-refractivity contribution in [3.05, 3.63) is 65.0 Å². The second-order valence-corrected chi connectivity index (χ2v) is 8.46. The van der Waals surface area contributed by atoms with Gasteiger partial charge in [0, 0.05) is 37.1 Å². The SMILES string of the molecule is CCOc1ccccc1NC(=O)CN1CCN(Cc2nc(-c3ccccc3)cs2)CC1. The molecular formula is C24H28N4O2S. The highest BCUT2D eigenvalue weighted by molar-refractivity contribution is 7.09. The topological polar surface area (TPSA) is 57.7 Å². The summed E-state index contributed by atoms with van der Waals surface area (Å²) in [6.45, 7) is 7.37. The fourth-order valence-electron chi connectivity index (χ4n) is 3.67. The molecule has 1 aromatic heterocycles. The van der Waals surface area contributed by atoms with E-state index in [2.05, 4.69) is 32.6 Å². The highest BCUT2D eigenvalue weighted by Gasteiger charge is 2.20. The average Bonchev–Trinajstić information content (AvgIpc) is 3.26. The number of piperazine rings is 1. The standard InChI is InChI=1S/C24H28N4O2S/c1-2-30-22-11-7-6-10-20(22)25-23(29)16-27-12-14-28(15-13-27)17-24-26-21(18-31-24)19-8-4-3-5-9-19/h3-11,18H,2,12-17H2,1H3,(H,25,29). The molecule has 31 heavy (non-hydrogen) atoms. The quantitative estimate of drug-likeness (QED) is 0.579. The second-order valence-electron chi connectivity index (χ2n) is 7.52. The van der Waals surface area contributed by atoms with Gasteiger partial charge < -0.3 is 10.1 Å². The minimum atomic E-state index is -0.00645. The normalized spacial score (nSPS) is 15.0. The molecule has 162 valence electrons. The first-order valence-corrected chi connectivity index (χ1v) is 11.6. The number of aromatic nitrogens is 1. The lowest BCUT2D eigenvalue weighted by atomic mass is 10.2. The van der Waals surface area contributed by atoms with E-state index in [1.165, 1.54) is 0 Å². The monoisotopic (exact) mass is 436 g/mol. The number of nitrogens with one attached hydrogen (secondary N) is 1. The van der Waals surface area contributed by atoms with E-state index in [1.54, 1.807) is 11.3 Å². The van der Waals surface area contributed by atoms with Gasteiger partial charge in [-0.15, -0.1) is 11.3 Å². The molecule has 1 N–H and O–H groups in total. The number of anilines is 1. The van der Waals surface area contributed by atoms with Crippen LogP contribution in [0.2, 0.25) is 0 Å². The summed E-state index contributed by atoms with van der Waals surface area (Å²) in [5.74, 6) is 0.703. The van der Waals surface area contributed by atoms with Gasteiger partial charge in [-0.25, -0.2) is 4.98 Å². The fourth-order valence-corrected chi connectivity index (χ4v) is 4.51. The van der Waals surface area contributed by atoms with Gasteiger partial charge in [0.05, 0.1) is 31.1 Å². The van der Waals surface area contributed by atoms with Crippen molar-refractivity contribution in [2.75, 3.05) is 44.6 Å². The van der Waals surface area contributed by atoms with Gasteiger partial charge in [-0.05, 0) is 19.1 Å². The van der Waals surface area contributed by atoms with E-state index in [0.717, 1.165) is 54.7 Å². The summed E-state index contributed by atoms with van der Waals surface area (Å²) in [5, 5.41) is 6.25. The van der Waals surface area contributed by atoms with Crippen molar-refractivity contribution in [1.29, 1.82) is 0 Å². The number of benzene rings is 2. The molecule has 1 saturated heterocycles. The molecule has 1 aliphatic rings. The third kappa shape index (κ3) is 5.91. The Balaban J connectivity index is 1.24. The Morgan fingerprint density at radius 2 is 1.74 bits per heavy atom. The lowest BCUT2D eigenvalue weighted by molar-refractivity contribution is -0.117. The Morgan fingerprint density at radius 1 is 1.03 bits per heavy atom. The summed E-state index contributed by atoms with van der Waals surface area (Å²) in [6.07, 6.45) is 0. The first kappa shape index (κ1) is 21.5. The van der Waals surface area contributed by atoms with Gasteiger partial charge in [-0.1, -0.05) is 42.5 Å². The van der Waals surface area contributed by atoms with Crippen molar-refractivity contribution < 1.29 is 9.53 Å². The second kappa shape index (κ2) is 10.5. The molecule has 0 unspecified atom stereocenters. The molecule has 7 heteroatoms. The van der Waals surface area contributed by atoms with E-state index in [0.29, 0.717) is 18.9 Å². The Kier molecular flexibility index (Phi) is 7.30. The molecule has 0 atom stereocenters. The van der Waals surface area contributed by atoms with Crippen LogP contribution in [-0.2, 0) is 11.3 Å². The van der Waals surface area contributed by atoms with Crippen LogP contribution in [0, 0.1) is 0 Å². The van der Waals surface area contributed by atoms with Crippen molar-refractivity contribution in [3.8, 4) is 17.0 Å². The van der Waals surface area contributed by atoms with Gasteiger partial charge >= 0.3 is 0 Å². The predicted molar refractivity (Wildman–Crippen MR) is 126 cm³/mol. The number of ether oxygens (including phenoxy) is 1. The summed E-state index contributed by atoms with van der Waals surface area (Å²) < 4.78 is 5.59. The zero-order chi connectivity index (χ0) is 21.5. The third-order valence-corrected chi connectivity index (χ3v) is 6.11. The van der Waals surface area contributed by atoms with Gasteiger partial charge in [0.2, 0.25) is 5.91 Å². The third-order valence-electron chi connectivity index (χ3n) is 5.27. The van der Waals surface area contributed by atoms with Crippen LogP contribution in [0.5, 0.6) is 5.75 Å². The molecule has 1 fully saturated rings. The molecule has 2 aromatic carbocycles. The van der Waals surface area contributed by atoms with E-state index in [-0.39, 0.29) is 5.91 Å². The summed E-state index contributed by atoms with van der Waals surface area (Å²) in [5.41, 5.74) is 2.93. The maximum atomic E-state index is 12.5. The number of carbonyl (C=O) groups is 1. The number of amides is 1. The molecule has 2 heterocycles. The van der Waals surface area contributed by atoms with Gasteiger partial charge in [0.15, 0.2) is 0 Å². The van der Waals surface area contributed by atoms with Gasteiger partial charge in [-0.3, -0.25) is 14.6 Å². The molecule has 0 saturated carbocycles. The van der Waals surface area contributed by atoms with E-state index in [9.17, 15) is 4.79 Å². The molecule has 0 aliphatic carbocycles. The van der Waals surface area contributed by atoms with Crippen molar-refractivity contribution in [2.24, 2.45) is 0 Å². The average molecular weight is 437 g/mol. The molecule has 3 aromatic rings. The van der Waals surface area contributed by atoms with Crippen molar-refractivity contribution in [3.63, 3.8) is 0 Å². The van der Waals surface area contributed by atoms with Crippen molar-refractivity contribution in [1.82, 2.24) is 14.8 Å². The lowest BCUT2D eigenvalue weighted by Crippen LogP contribution is -2.48. The van der Waals surface area contributed by atoms with Crippen LogP contribution in [0.4, 0.5) is 5.69 Å². The molecule has 6 nitrogen and oxygen atoms in total. The van der Waals surface area contributed by atoms with E-state index < -0.39 is 0 Å². The largest absolute Gasteiger partial charge is 0.492 e. The smallest absolute Gasteiger partial charge is 0.238 e.